The monoisotopic (exact) mass is 207 g/mol. The van der Waals surface area contributed by atoms with Crippen molar-refractivity contribution in [1.82, 2.24) is 5.32 Å². The van der Waals surface area contributed by atoms with E-state index in [9.17, 15) is 4.79 Å². The molecule has 0 aliphatic heterocycles. The standard InChI is InChI=1S/C12H17NO2/c1-3-13-12(14)8-9-15-11-7-5-4-6-10(11)2/h4-7H,3,8-9H2,1-2H3,(H,13,14). The highest BCUT2D eigenvalue weighted by Crippen LogP contribution is 2.15. The number of hydrogen-bond donors (Lipinski definition) is 1. The molecule has 15 heavy (non-hydrogen) atoms. The molecule has 0 aromatic heterocycles. The van der Waals surface area contributed by atoms with Crippen LogP contribution in [0.2, 0.25) is 0 Å². The molecular weight excluding hydrogens is 190 g/mol. The molecule has 0 fully saturated rings. The van der Waals surface area contributed by atoms with E-state index in [4.69, 9.17) is 4.74 Å². The summed E-state index contributed by atoms with van der Waals surface area (Å²) in [6.45, 7) is 4.99. The number of benzene rings is 1. The lowest BCUT2D eigenvalue weighted by Crippen LogP contribution is -2.24. The third kappa shape index (κ3) is 4.02. The summed E-state index contributed by atoms with van der Waals surface area (Å²) in [7, 11) is 0. The average Bonchev–Trinajstić information content (AvgIpc) is 2.21. The lowest BCUT2D eigenvalue weighted by atomic mass is 10.2. The molecule has 3 nitrogen and oxygen atoms in total. The molecule has 3 heteroatoms. The van der Waals surface area contributed by atoms with Gasteiger partial charge in [-0.05, 0) is 25.5 Å². The van der Waals surface area contributed by atoms with Crippen LogP contribution in [0.15, 0.2) is 24.3 Å². The van der Waals surface area contributed by atoms with Gasteiger partial charge in [-0.3, -0.25) is 4.79 Å². The Balaban J connectivity index is 2.32. The quantitative estimate of drug-likeness (QED) is 0.800. The van der Waals surface area contributed by atoms with Gasteiger partial charge in [-0.15, -0.1) is 0 Å². The number of aryl methyl sites for hydroxylation is 1. The van der Waals surface area contributed by atoms with Crippen LogP contribution in [-0.4, -0.2) is 19.1 Å². The van der Waals surface area contributed by atoms with Gasteiger partial charge in [-0.1, -0.05) is 18.2 Å². The molecule has 0 bridgehead atoms. The molecule has 1 rings (SSSR count). The number of ether oxygens (including phenoxy) is 1. The zero-order valence-corrected chi connectivity index (χ0v) is 9.25. The Morgan fingerprint density at radius 3 is 2.80 bits per heavy atom. The zero-order chi connectivity index (χ0) is 11.1. The number of amides is 1. The lowest BCUT2D eigenvalue weighted by molar-refractivity contribution is -0.121. The van der Waals surface area contributed by atoms with Crippen LogP contribution in [0.1, 0.15) is 18.9 Å². The molecule has 0 aliphatic rings. The fourth-order valence-electron chi connectivity index (χ4n) is 1.26. The third-order valence-corrected chi connectivity index (χ3v) is 2.05. The molecule has 0 aliphatic carbocycles. The van der Waals surface area contributed by atoms with Gasteiger partial charge in [0.15, 0.2) is 0 Å². The average molecular weight is 207 g/mol. The normalized spacial score (nSPS) is 9.73. The summed E-state index contributed by atoms with van der Waals surface area (Å²) in [5.74, 6) is 0.882. The van der Waals surface area contributed by atoms with Crippen molar-refractivity contribution < 1.29 is 9.53 Å². The second-order valence-corrected chi connectivity index (χ2v) is 3.32. The van der Waals surface area contributed by atoms with Gasteiger partial charge >= 0.3 is 0 Å². The van der Waals surface area contributed by atoms with Crippen LogP contribution in [-0.2, 0) is 4.79 Å². The molecule has 0 saturated carbocycles. The van der Waals surface area contributed by atoms with Gasteiger partial charge < -0.3 is 10.1 Å². The molecular formula is C12H17NO2. The number of hydrogen-bond acceptors (Lipinski definition) is 2. The Hall–Kier alpha value is -1.51. The molecule has 0 saturated heterocycles. The SMILES string of the molecule is CCNC(=O)CCOc1ccccc1C. The molecule has 0 unspecified atom stereocenters. The van der Waals surface area contributed by atoms with E-state index in [2.05, 4.69) is 5.32 Å². The second-order valence-electron chi connectivity index (χ2n) is 3.32. The van der Waals surface area contributed by atoms with Gasteiger partial charge in [0.2, 0.25) is 5.91 Å². The summed E-state index contributed by atoms with van der Waals surface area (Å²) >= 11 is 0. The Labute approximate surface area is 90.4 Å². The maximum atomic E-state index is 11.1. The van der Waals surface area contributed by atoms with E-state index in [1.54, 1.807) is 0 Å². The van der Waals surface area contributed by atoms with E-state index in [1.165, 1.54) is 0 Å². The Kier molecular flexibility index (Phi) is 4.68. The first-order valence-electron chi connectivity index (χ1n) is 5.19. The maximum Gasteiger partial charge on any atom is 0.223 e. The molecule has 1 N–H and O–H groups in total. The third-order valence-electron chi connectivity index (χ3n) is 2.05. The first-order chi connectivity index (χ1) is 7.24. The van der Waals surface area contributed by atoms with E-state index < -0.39 is 0 Å². The van der Waals surface area contributed by atoms with Crippen LogP contribution in [0.3, 0.4) is 0 Å². The summed E-state index contributed by atoms with van der Waals surface area (Å²) in [5.41, 5.74) is 1.09. The highest BCUT2D eigenvalue weighted by molar-refractivity contribution is 5.75. The lowest BCUT2D eigenvalue weighted by Gasteiger charge is -2.08. The molecule has 0 heterocycles. The van der Waals surface area contributed by atoms with E-state index in [-0.39, 0.29) is 5.91 Å². The number of para-hydroxylation sites is 1. The molecule has 1 aromatic rings. The molecule has 1 amide bonds. The Morgan fingerprint density at radius 1 is 1.40 bits per heavy atom. The zero-order valence-electron chi connectivity index (χ0n) is 9.25. The van der Waals surface area contributed by atoms with Crippen LogP contribution in [0.5, 0.6) is 5.75 Å². The minimum absolute atomic E-state index is 0.0334. The summed E-state index contributed by atoms with van der Waals surface area (Å²) in [6.07, 6.45) is 0.405. The molecule has 82 valence electrons. The second kappa shape index (κ2) is 6.06. The van der Waals surface area contributed by atoms with Crippen LogP contribution in [0.25, 0.3) is 0 Å². The summed E-state index contributed by atoms with van der Waals surface area (Å²) in [5, 5.41) is 2.73. The van der Waals surface area contributed by atoms with Crippen LogP contribution < -0.4 is 10.1 Å². The van der Waals surface area contributed by atoms with Crippen molar-refractivity contribution in [2.45, 2.75) is 20.3 Å². The largest absolute Gasteiger partial charge is 0.493 e. The predicted molar refractivity (Wildman–Crippen MR) is 60.0 cm³/mol. The van der Waals surface area contributed by atoms with Gasteiger partial charge in [0, 0.05) is 6.54 Å². The highest BCUT2D eigenvalue weighted by atomic mass is 16.5. The Bertz CT molecular complexity index is 323. The van der Waals surface area contributed by atoms with E-state index in [1.807, 2.05) is 38.1 Å². The first kappa shape index (κ1) is 11.6. The van der Waals surface area contributed by atoms with Crippen molar-refractivity contribution in [3.05, 3.63) is 29.8 Å². The van der Waals surface area contributed by atoms with Gasteiger partial charge in [0.25, 0.3) is 0 Å². The minimum Gasteiger partial charge on any atom is -0.493 e. The van der Waals surface area contributed by atoms with Gasteiger partial charge in [-0.25, -0.2) is 0 Å². The Morgan fingerprint density at radius 2 is 2.13 bits per heavy atom. The number of carbonyl (C=O) groups is 1. The van der Waals surface area contributed by atoms with Crippen molar-refractivity contribution in [2.75, 3.05) is 13.2 Å². The fraction of sp³-hybridized carbons (Fsp3) is 0.417. The van der Waals surface area contributed by atoms with Crippen LogP contribution in [0, 0.1) is 6.92 Å². The summed E-state index contributed by atoms with van der Waals surface area (Å²) < 4.78 is 5.49. The van der Waals surface area contributed by atoms with Crippen molar-refractivity contribution in [3.63, 3.8) is 0 Å². The molecule has 1 aromatic carbocycles. The van der Waals surface area contributed by atoms with E-state index >= 15 is 0 Å². The molecule has 0 radical (unpaired) electrons. The van der Waals surface area contributed by atoms with Crippen molar-refractivity contribution >= 4 is 5.91 Å². The maximum absolute atomic E-state index is 11.1. The first-order valence-corrected chi connectivity index (χ1v) is 5.19. The van der Waals surface area contributed by atoms with Crippen LogP contribution in [0.4, 0.5) is 0 Å². The minimum atomic E-state index is 0.0334. The number of rotatable bonds is 5. The van der Waals surface area contributed by atoms with Crippen LogP contribution >= 0.6 is 0 Å². The number of carbonyl (C=O) groups excluding carboxylic acids is 1. The van der Waals surface area contributed by atoms with Crippen molar-refractivity contribution in [3.8, 4) is 5.75 Å². The predicted octanol–water partition coefficient (Wildman–Crippen LogP) is 1.90. The molecule has 0 spiro atoms. The smallest absolute Gasteiger partial charge is 0.223 e. The van der Waals surface area contributed by atoms with E-state index in [0.29, 0.717) is 19.6 Å². The molecule has 0 atom stereocenters. The highest BCUT2D eigenvalue weighted by Gasteiger charge is 2.01. The van der Waals surface area contributed by atoms with Crippen molar-refractivity contribution in [1.29, 1.82) is 0 Å². The van der Waals surface area contributed by atoms with Gasteiger partial charge in [-0.2, -0.15) is 0 Å². The number of nitrogens with one attached hydrogen (secondary N) is 1. The summed E-state index contributed by atoms with van der Waals surface area (Å²) in [4.78, 5) is 11.1. The van der Waals surface area contributed by atoms with Gasteiger partial charge in [0.05, 0.1) is 13.0 Å². The fourth-order valence-corrected chi connectivity index (χ4v) is 1.26. The van der Waals surface area contributed by atoms with E-state index in [0.717, 1.165) is 11.3 Å². The van der Waals surface area contributed by atoms with Gasteiger partial charge in [0.1, 0.15) is 5.75 Å². The topological polar surface area (TPSA) is 38.3 Å². The summed E-state index contributed by atoms with van der Waals surface area (Å²) in [6, 6.07) is 7.79. The van der Waals surface area contributed by atoms with Crippen molar-refractivity contribution in [2.24, 2.45) is 0 Å².